The maximum absolute atomic E-state index is 13.1. The number of nitrogens with zero attached hydrogens (tertiary/aromatic N) is 1. The van der Waals surface area contributed by atoms with Crippen LogP contribution in [0, 0.1) is 0 Å². The van der Waals surface area contributed by atoms with Crippen molar-refractivity contribution in [2.45, 2.75) is 46.0 Å². The predicted octanol–water partition coefficient (Wildman–Crippen LogP) is 2.62. The second kappa shape index (κ2) is 6.83. The van der Waals surface area contributed by atoms with Crippen LogP contribution in [0.5, 0.6) is 0 Å². The number of Topliss-reactive ketones (excluding diaryl/α,β-unsaturated/α-hetero) is 2. The number of hydrogen-bond acceptors (Lipinski definition) is 3. The Morgan fingerprint density at radius 3 is 2.17 bits per heavy atom. The molecule has 1 heterocycles. The molecule has 0 aromatic carbocycles. The number of hydrogen-bond donors (Lipinski definition) is 1. The normalized spacial score (nSPS) is 21.5. The number of rotatable bonds is 3. The number of carbonyl (C=O) groups excluding carboxylic acids is 3. The third kappa shape index (κ3) is 3.71. The summed E-state index contributed by atoms with van der Waals surface area (Å²) in [5.41, 5.74) is 1.72. The van der Waals surface area contributed by atoms with E-state index in [4.69, 9.17) is 0 Å². The molecule has 132 valence electrons. The zero-order chi connectivity index (χ0) is 18.1. The molecule has 0 aromatic heterocycles. The van der Waals surface area contributed by atoms with Crippen molar-refractivity contribution >= 4 is 17.6 Å². The number of urea groups is 1. The number of amides is 2. The van der Waals surface area contributed by atoms with Gasteiger partial charge in [-0.3, -0.25) is 9.59 Å². The fourth-order valence-corrected chi connectivity index (χ4v) is 2.90. The fourth-order valence-electron chi connectivity index (χ4n) is 2.90. The molecule has 2 amide bonds. The Balaban J connectivity index is 1.89. The summed E-state index contributed by atoms with van der Waals surface area (Å²) in [7, 11) is 0. The van der Waals surface area contributed by atoms with Crippen molar-refractivity contribution in [1.29, 1.82) is 0 Å². The molecule has 1 aliphatic heterocycles. The lowest BCUT2D eigenvalue weighted by Gasteiger charge is -2.31. The first-order chi connectivity index (χ1) is 11.1. The van der Waals surface area contributed by atoms with Crippen LogP contribution in [0.2, 0.25) is 0 Å². The maximum atomic E-state index is 13.1. The van der Waals surface area contributed by atoms with Gasteiger partial charge in [0, 0.05) is 54.8 Å². The number of alkyl halides is 2. The second-order valence-corrected chi connectivity index (χ2v) is 6.34. The molecule has 0 unspecified atom stereocenters. The third-order valence-corrected chi connectivity index (χ3v) is 4.74. The molecule has 1 aliphatic carbocycles. The molecule has 0 radical (unpaired) electrons. The molecule has 0 saturated carbocycles. The lowest BCUT2D eigenvalue weighted by atomic mass is 9.84. The molecule has 1 N–H and O–H groups in total. The summed E-state index contributed by atoms with van der Waals surface area (Å²) < 4.78 is 26.2. The van der Waals surface area contributed by atoms with Gasteiger partial charge in [0.05, 0.1) is 0 Å². The van der Waals surface area contributed by atoms with E-state index in [1.807, 2.05) is 0 Å². The van der Waals surface area contributed by atoms with Crippen LogP contribution in [0.25, 0.3) is 0 Å². The Morgan fingerprint density at radius 1 is 1.04 bits per heavy atom. The largest absolute Gasteiger partial charge is 0.338 e. The van der Waals surface area contributed by atoms with Crippen LogP contribution < -0.4 is 5.32 Å². The zero-order valence-electron chi connectivity index (χ0n) is 14.2. The Bertz CT molecular complexity index is 640. The molecule has 5 nitrogen and oxygen atoms in total. The Morgan fingerprint density at radius 2 is 1.58 bits per heavy atom. The van der Waals surface area contributed by atoms with Gasteiger partial charge in [-0.15, -0.1) is 0 Å². The Kier molecular flexibility index (Phi) is 5.20. The molecular formula is C17H22F2N2O3. The minimum atomic E-state index is -2.70. The summed E-state index contributed by atoms with van der Waals surface area (Å²) in [4.78, 5) is 37.7. The summed E-state index contributed by atoms with van der Waals surface area (Å²) in [6.45, 7) is 5.07. The monoisotopic (exact) mass is 340 g/mol. The number of carbonyl (C=O) groups is 3. The lowest BCUT2D eigenvalue weighted by molar-refractivity contribution is -0.116. The van der Waals surface area contributed by atoms with Crippen molar-refractivity contribution in [1.82, 2.24) is 10.2 Å². The van der Waals surface area contributed by atoms with Gasteiger partial charge in [-0.05, 0) is 27.2 Å². The van der Waals surface area contributed by atoms with Crippen LogP contribution in [-0.2, 0) is 9.59 Å². The Labute approximate surface area is 139 Å². The van der Waals surface area contributed by atoms with Crippen LogP contribution >= 0.6 is 0 Å². The molecule has 24 heavy (non-hydrogen) atoms. The zero-order valence-corrected chi connectivity index (χ0v) is 14.2. The standard InChI is InChI=1S/C17H22F2N2O3/c1-10-11(2)15(23)13(12(3)14(10)22)4-7-20-16(24)21-8-5-17(18,19)6-9-21/h4-9H2,1-3H3,(H,20,24). The molecule has 1 fully saturated rings. The minimum absolute atomic E-state index is 0.0129. The van der Waals surface area contributed by atoms with Crippen LogP contribution in [0.15, 0.2) is 22.3 Å². The number of allylic oxidation sites excluding steroid dienone is 3. The summed E-state index contributed by atoms with van der Waals surface area (Å²) in [6.07, 6.45) is -0.418. The third-order valence-electron chi connectivity index (χ3n) is 4.74. The number of nitrogens with one attached hydrogen (secondary N) is 1. The summed E-state index contributed by atoms with van der Waals surface area (Å²) in [6, 6.07) is -0.415. The molecule has 2 aliphatic rings. The molecule has 7 heteroatoms. The first kappa shape index (κ1) is 18.3. The smallest absolute Gasteiger partial charge is 0.317 e. The highest BCUT2D eigenvalue weighted by atomic mass is 19.3. The first-order valence-corrected chi connectivity index (χ1v) is 8.01. The molecule has 2 rings (SSSR count). The molecule has 0 atom stereocenters. The van der Waals surface area contributed by atoms with Crippen LogP contribution in [0.1, 0.15) is 40.0 Å². The first-order valence-electron chi connectivity index (χ1n) is 8.01. The van der Waals surface area contributed by atoms with Gasteiger partial charge in [0.1, 0.15) is 0 Å². The molecule has 0 bridgehead atoms. The average molecular weight is 340 g/mol. The van der Waals surface area contributed by atoms with Gasteiger partial charge in [-0.25, -0.2) is 13.6 Å². The van der Waals surface area contributed by atoms with Gasteiger partial charge >= 0.3 is 6.03 Å². The predicted molar refractivity (Wildman–Crippen MR) is 84.9 cm³/mol. The summed E-state index contributed by atoms with van der Waals surface area (Å²) in [5.74, 6) is -3.02. The van der Waals surface area contributed by atoms with Gasteiger partial charge in [0.25, 0.3) is 5.92 Å². The highest BCUT2D eigenvalue weighted by molar-refractivity contribution is 6.24. The van der Waals surface area contributed by atoms with Crippen molar-refractivity contribution in [2.75, 3.05) is 19.6 Å². The van der Waals surface area contributed by atoms with Gasteiger partial charge in [0.2, 0.25) is 0 Å². The van der Waals surface area contributed by atoms with E-state index in [0.717, 1.165) is 0 Å². The van der Waals surface area contributed by atoms with Crippen molar-refractivity contribution in [3.63, 3.8) is 0 Å². The van der Waals surface area contributed by atoms with Gasteiger partial charge in [-0.1, -0.05) is 0 Å². The van der Waals surface area contributed by atoms with Gasteiger partial charge in [0.15, 0.2) is 11.6 Å². The van der Waals surface area contributed by atoms with Crippen molar-refractivity contribution in [3.8, 4) is 0 Å². The Hall–Kier alpha value is -2.05. The van der Waals surface area contributed by atoms with Crippen molar-refractivity contribution in [3.05, 3.63) is 22.3 Å². The van der Waals surface area contributed by atoms with Crippen LogP contribution in [-0.4, -0.2) is 48.1 Å². The summed E-state index contributed by atoms with van der Waals surface area (Å²) >= 11 is 0. The van der Waals surface area contributed by atoms with E-state index >= 15 is 0 Å². The van der Waals surface area contributed by atoms with E-state index in [-0.39, 0.29) is 50.5 Å². The number of likely N-dealkylation sites (tertiary alicyclic amines) is 1. The topological polar surface area (TPSA) is 66.5 Å². The lowest BCUT2D eigenvalue weighted by Crippen LogP contribution is -2.47. The van der Waals surface area contributed by atoms with E-state index in [1.54, 1.807) is 20.8 Å². The fraction of sp³-hybridized carbons (Fsp3) is 0.588. The SMILES string of the molecule is CC1=C(C)C(=O)C(CCNC(=O)N2CCC(F)(F)CC2)=C(C)C1=O. The number of halogens is 2. The highest BCUT2D eigenvalue weighted by Crippen LogP contribution is 2.28. The average Bonchev–Trinajstić information content (AvgIpc) is 2.54. The van der Waals surface area contributed by atoms with E-state index < -0.39 is 12.0 Å². The number of piperidine rings is 1. The molecule has 0 aromatic rings. The highest BCUT2D eigenvalue weighted by Gasteiger charge is 2.35. The maximum Gasteiger partial charge on any atom is 0.317 e. The van der Waals surface area contributed by atoms with Crippen LogP contribution in [0.4, 0.5) is 13.6 Å². The quantitative estimate of drug-likeness (QED) is 0.803. The van der Waals surface area contributed by atoms with E-state index in [0.29, 0.717) is 22.3 Å². The summed E-state index contributed by atoms with van der Waals surface area (Å²) in [5, 5.41) is 2.64. The second-order valence-electron chi connectivity index (χ2n) is 6.34. The van der Waals surface area contributed by atoms with Crippen molar-refractivity contribution < 1.29 is 23.2 Å². The molecule has 0 spiro atoms. The molecule has 1 saturated heterocycles. The van der Waals surface area contributed by atoms with E-state index in [2.05, 4.69) is 5.32 Å². The van der Waals surface area contributed by atoms with Gasteiger partial charge in [-0.2, -0.15) is 0 Å². The molecular weight excluding hydrogens is 318 g/mol. The number of ketones is 2. The van der Waals surface area contributed by atoms with Crippen LogP contribution in [0.3, 0.4) is 0 Å². The van der Waals surface area contributed by atoms with Gasteiger partial charge < -0.3 is 10.2 Å². The van der Waals surface area contributed by atoms with E-state index in [9.17, 15) is 23.2 Å². The van der Waals surface area contributed by atoms with Crippen molar-refractivity contribution in [2.24, 2.45) is 0 Å². The minimum Gasteiger partial charge on any atom is -0.338 e. The van der Waals surface area contributed by atoms with E-state index in [1.165, 1.54) is 4.90 Å².